The molecular weight excluding hydrogens is 276 g/mol. The summed E-state index contributed by atoms with van der Waals surface area (Å²) >= 11 is 1.59. The van der Waals surface area contributed by atoms with Crippen molar-refractivity contribution in [3.63, 3.8) is 0 Å². The number of hydrogen-bond donors (Lipinski definition) is 2. The lowest BCUT2D eigenvalue weighted by atomic mass is 9.96. The third kappa shape index (κ3) is 3.59. The van der Waals surface area contributed by atoms with E-state index in [2.05, 4.69) is 12.2 Å². The van der Waals surface area contributed by atoms with Gasteiger partial charge in [-0.2, -0.15) is 0 Å². The van der Waals surface area contributed by atoms with Gasteiger partial charge in [-0.15, -0.1) is 11.8 Å². The lowest BCUT2D eigenvalue weighted by Gasteiger charge is -2.31. The van der Waals surface area contributed by atoms with Gasteiger partial charge in [0.2, 0.25) is 0 Å². The number of hydrogen-bond acceptors (Lipinski definition) is 3. The Balaban J connectivity index is 2.00. The largest absolute Gasteiger partial charge is 0.480 e. The highest BCUT2D eigenvalue weighted by atomic mass is 32.2. The van der Waals surface area contributed by atoms with E-state index < -0.39 is 12.0 Å². The average Bonchev–Trinajstić information content (AvgIpc) is 2.84. The normalized spacial score (nSPS) is 27.6. The molecule has 5 nitrogen and oxygen atoms in total. The molecular formula is C14H24N2O3S. The molecule has 1 heterocycles. The Morgan fingerprint density at radius 2 is 2.00 bits per heavy atom. The fraction of sp³-hybridized carbons (Fsp3) is 0.857. The second kappa shape index (κ2) is 7.20. The second-order valence-electron chi connectivity index (χ2n) is 5.62. The van der Waals surface area contributed by atoms with Gasteiger partial charge >= 0.3 is 12.0 Å². The maximum absolute atomic E-state index is 12.5. The summed E-state index contributed by atoms with van der Waals surface area (Å²) in [6, 6.07) is -0.647. The van der Waals surface area contributed by atoms with Crippen molar-refractivity contribution in [3.05, 3.63) is 0 Å². The average molecular weight is 300 g/mol. The minimum Gasteiger partial charge on any atom is -0.480 e. The van der Waals surface area contributed by atoms with E-state index in [0.29, 0.717) is 5.75 Å². The molecule has 20 heavy (non-hydrogen) atoms. The molecule has 0 aromatic carbocycles. The molecule has 0 aromatic rings. The number of urea groups is 1. The molecule has 2 unspecified atom stereocenters. The number of carbonyl (C=O) groups is 2. The van der Waals surface area contributed by atoms with Crippen LogP contribution in [0.15, 0.2) is 0 Å². The summed E-state index contributed by atoms with van der Waals surface area (Å²) in [6.07, 6.45) is 7.39. The third-order valence-corrected chi connectivity index (χ3v) is 5.44. The fourth-order valence-electron chi connectivity index (χ4n) is 2.99. The van der Waals surface area contributed by atoms with Crippen molar-refractivity contribution < 1.29 is 14.7 Å². The first-order valence-electron chi connectivity index (χ1n) is 7.56. The first-order valence-corrected chi connectivity index (χ1v) is 8.61. The van der Waals surface area contributed by atoms with Gasteiger partial charge in [-0.05, 0) is 19.3 Å². The lowest BCUT2D eigenvalue weighted by molar-refractivity contribution is -0.141. The van der Waals surface area contributed by atoms with Crippen LogP contribution in [-0.2, 0) is 4.79 Å². The highest BCUT2D eigenvalue weighted by Crippen LogP contribution is 2.32. The number of rotatable bonds is 4. The Morgan fingerprint density at radius 1 is 1.30 bits per heavy atom. The molecule has 1 saturated heterocycles. The summed E-state index contributed by atoms with van der Waals surface area (Å²) in [7, 11) is 0. The standard InChI is InChI=1S/C14H24N2O3S/c1-2-6-12-16(11(9-20-12)13(17)18)14(19)15-10-7-4-3-5-8-10/h10-12H,2-9H2,1H3,(H,15,19)(H,17,18). The quantitative estimate of drug-likeness (QED) is 0.837. The number of aliphatic carboxylic acids is 1. The summed E-state index contributed by atoms with van der Waals surface area (Å²) < 4.78 is 0. The van der Waals surface area contributed by atoms with E-state index in [4.69, 9.17) is 0 Å². The Morgan fingerprint density at radius 3 is 2.60 bits per heavy atom. The Bertz CT molecular complexity index is 358. The molecule has 2 N–H and O–H groups in total. The summed E-state index contributed by atoms with van der Waals surface area (Å²) in [5, 5.41) is 12.3. The molecule has 1 saturated carbocycles. The van der Waals surface area contributed by atoms with Crippen LogP contribution in [0.25, 0.3) is 0 Å². The van der Waals surface area contributed by atoms with Gasteiger partial charge in [0, 0.05) is 11.8 Å². The smallest absolute Gasteiger partial charge is 0.327 e. The van der Waals surface area contributed by atoms with E-state index >= 15 is 0 Å². The lowest BCUT2D eigenvalue weighted by Crippen LogP contribution is -2.52. The minimum atomic E-state index is -0.894. The first-order chi connectivity index (χ1) is 9.63. The zero-order chi connectivity index (χ0) is 14.5. The summed E-state index contributed by atoms with van der Waals surface area (Å²) in [5.41, 5.74) is 0. The van der Waals surface area contributed by atoms with Crippen molar-refractivity contribution >= 4 is 23.8 Å². The molecule has 2 atom stereocenters. The van der Waals surface area contributed by atoms with Crippen LogP contribution in [0.5, 0.6) is 0 Å². The number of thioether (sulfide) groups is 1. The monoisotopic (exact) mass is 300 g/mol. The topological polar surface area (TPSA) is 69.6 Å². The molecule has 2 amide bonds. The van der Waals surface area contributed by atoms with E-state index in [0.717, 1.165) is 38.5 Å². The van der Waals surface area contributed by atoms with Crippen LogP contribution in [0.2, 0.25) is 0 Å². The zero-order valence-electron chi connectivity index (χ0n) is 12.0. The molecule has 2 fully saturated rings. The number of carboxylic acid groups (broad SMARTS) is 1. The number of nitrogens with one attached hydrogen (secondary N) is 1. The van der Waals surface area contributed by atoms with Crippen molar-refractivity contribution in [2.24, 2.45) is 0 Å². The Hall–Kier alpha value is -0.910. The van der Waals surface area contributed by atoms with Crippen LogP contribution < -0.4 is 5.32 Å². The minimum absolute atomic E-state index is 0.00434. The van der Waals surface area contributed by atoms with Crippen molar-refractivity contribution in [2.75, 3.05) is 5.75 Å². The number of carboxylic acids is 1. The molecule has 6 heteroatoms. The van der Waals surface area contributed by atoms with Gasteiger partial charge in [-0.3, -0.25) is 4.90 Å². The van der Waals surface area contributed by atoms with Crippen LogP contribution in [0.4, 0.5) is 4.79 Å². The maximum atomic E-state index is 12.5. The van der Waals surface area contributed by atoms with Gasteiger partial charge in [0.1, 0.15) is 6.04 Å². The predicted octanol–water partition coefficient (Wildman–Crippen LogP) is 2.66. The van der Waals surface area contributed by atoms with Crippen molar-refractivity contribution in [1.29, 1.82) is 0 Å². The summed E-state index contributed by atoms with van der Waals surface area (Å²) in [5.74, 6) is -0.396. The molecule has 0 radical (unpaired) electrons. The SMILES string of the molecule is CCCC1SCC(C(=O)O)N1C(=O)NC1CCCCC1. The molecule has 0 bridgehead atoms. The fourth-order valence-corrected chi connectivity index (χ4v) is 4.50. The Labute approximate surface area is 124 Å². The van der Waals surface area contributed by atoms with Crippen LogP contribution in [0.3, 0.4) is 0 Å². The predicted molar refractivity (Wildman–Crippen MR) is 79.8 cm³/mol. The van der Waals surface area contributed by atoms with Gasteiger partial charge in [0.15, 0.2) is 0 Å². The Kier molecular flexibility index (Phi) is 5.57. The van der Waals surface area contributed by atoms with Crippen molar-refractivity contribution in [2.45, 2.75) is 69.3 Å². The highest BCUT2D eigenvalue weighted by molar-refractivity contribution is 8.00. The molecule has 0 aromatic heterocycles. The second-order valence-corrected chi connectivity index (χ2v) is 6.83. The maximum Gasteiger partial charge on any atom is 0.327 e. The first kappa shape index (κ1) is 15.5. The number of carbonyl (C=O) groups excluding carboxylic acids is 1. The van der Waals surface area contributed by atoms with E-state index in [1.54, 1.807) is 16.7 Å². The van der Waals surface area contributed by atoms with Crippen molar-refractivity contribution in [3.8, 4) is 0 Å². The van der Waals surface area contributed by atoms with Crippen LogP contribution in [-0.4, -0.2) is 45.2 Å². The van der Waals surface area contributed by atoms with Gasteiger partial charge in [-0.25, -0.2) is 9.59 Å². The van der Waals surface area contributed by atoms with E-state index in [9.17, 15) is 14.7 Å². The van der Waals surface area contributed by atoms with Gasteiger partial charge in [0.05, 0.1) is 5.37 Å². The zero-order valence-corrected chi connectivity index (χ0v) is 12.8. The van der Waals surface area contributed by atoms with Gasteiger partial charge < -0.3 is 10.4 Å². The highest BCUT2D eigenvalue weighted by Gasteiger charge is 2.41. The third-order valence-electron chi connectivity index (χ3n) is 4.08. The van der Waals surface area contributed by atoms with E-state index in [1.807, 2.05) is 0 Å². The summed E-state index contributed by atoms with van der Waals surface area (Å²) in [4.78, 5) is 25.3. The van der Waals surface area contributed by atoms with Gasteiger partial charge in [0.25, 0.3) is 0 Å². The van der Waals surface area contributed by atoms with E-state index in [1.165, 1.54) is 6.42 Å². The molecule has 0 spiro atoms. The molecule has 2 aliphatic rings. The van der Waals surface area contributed by atoms with Gasteiger partial charge in [-0.1, -0.05) is 32.6 Å². The van der Waals surface area contributed by atoms with Crippen LogP contribution >= 0.6 is 11.8 Å². The molecule has 114 valence electrons. The molecule has 2 rings (SSSR count). The van der Waals surface area contributed by atoms with E-state index in [-0.39, 0.29) is 17.4 Å². The number of amides is 2. The summed E-state index contributed by atoms with van der Waals surface area (Å²) in [6.45, 7) is 2.06. The molecule has 1 aliphatic heterocycles. The van der Waals surface area contributed by atoms with Crippen LogP contribution in [0.1, 0.15) is 51.9 Å². The van der Waals surface area contributed by atoms with Crippen molar-refractivity contribution in [1.82, 2.24) is 10.2 Å². The molecule has 1 aliphatic carbocycles. The van der Waals surface area contributed by atoms with Crippen LogP contribution in [0, 0.1) is 0 Å². The number of nitrogens with zero attached hydrogens (tertiary/aromatic N) is 1.